The lowest BCUT2D eigenvalue weighted by Crippen LogP contribution is -2.61. The highest BCUT2D eigenvalue weighted by Crippen LogP contribution is 2.25. The highest BCUT2D eigenvalue weighted by Gasteiger charge is 2.33. The van der Waals surface area contributed by atoms with Crippen molar-refractivity contribution in [2.45, 2.75) is 12.5 Å². The summed E-state index contributed by atoms with van der Waals surface area (Å²) in [7, 11) is 0. The third kappa shape index (κ3) is 1.99. The molecule has 1 aliphatic heterocycles. The molecule has 1 saturated heterocycles. The summed E-state index contributed by atoms with van der Waals surface area (Å²) in [5.74, 6) is 0.113. The minimum absolute atomic E-state index is 0.225. The topological polar surface area (TPSA) is 21.3 Å². The lowest BCUT2D eigenvalue weighted by Gasteiger charge is -2.39. The Hall–Kier alpha value is -0.800. The average molecular weight is 216 g/mol. The zero-order valence-corrected chi connectivity index (χ0v) is 8.57. The summed E-state index contributed by atoms with van der Waals surface area (Å²) in [5.41, 5.74) is -0.225. The van der Waals surface area contributed by atoms with Crippen molar-refractivity contribution in [2.75, 3.05) is 13.1 Å². The smallest absolute Gasteiger partial charge is 0.131 e. The maximum atomic E-state index is 12.9. The maximum Gasteiger partial charge on any atom is 0.131 e. The highest BCUT2D eigenvalue weighted by atomic mass is 35.5. The van der Waals surface area contributed by atoms with Crippen molar-refractivity contribution in [3.8, 4) is 5.75 Å². The molecule has 1 aliphatic rings. The van der Waals surface area contributed by atoms with Gasteiger partial charge in [-0.3, -0.25) is 0 Å². The predicted molar refractivity (Wildman–Crippen MR) is 53.3 cm³/mol. The molecule has 1 heterocycles. The fourth-order valence-corrected chi connectivity index (χ4v) is 1.63. The van der Waals surface area contributed by atoms with Crippen LogP contribution in [-0.2, 0) is 0 Å². The zero-order chi connectivity index (χ0) is 10.2. The van der Waals surface area contributed by atoms with Crippen molar-refractivity contribution >= 4 is 11.6 Å². The molecule has 2 nitrogen and oxygen atoms in total. The molecule has 2 rings (SSSR count). The first-order chi connectivity index (χ1) is 6.57. The van der Waals surface area contributed by atoms with Gasteiger partial charge >= 0.3 is 0 Å². The Balaban J connectivity index is 2.16. The fraction of sp³-hybridized carbons (Fsp3) is 0.400. The molecule has 0 aliphatic carbocycles. The van der Waals surface area contributed by atoms with Crippen molar-refractivity contribution in [1.82, 2.24) is 5.32 Å². The number of hydrogen-bond donors (Lipinski definition) is 1. The third-order valence-corrected chi connectivity index (χ3v) is 2.42. The summed E-state index contributed by atoms with van der Waals surface area (Å²) >= 11 is 5.70. The van der Waals surface area contributed by atoms with E-state index < -0.39 is 0 Å². The molecular weight excluding hydrogens is 205 g/mol. The van der Waals surface area contributed by atoms with Crippen LogP contribution in [0.5, 0.6) is 5.75 Å². The molecule has 1 N–H and O–H groups in total. The SMILES string of the molecule is CC1(Oc2cc(F)cc(Cl)c2)CNC1. The van der Waals surface area contributed by atoms with Crippen LogP contribution in [0.3, 0.4) is 0 Å². The monoisotopic (exact) mass is 215 g/mol. The summed E-state index contributed by atoms with van der Waals surface area (Å²) in [6, 6.07) is 4.22. The zero-order valence-electron chi connectivity index (χ0n) is 7.81. The van der Waals surface area contributed by atoms with Gasteiger partial charge in [-0.1, -0.05) is 11.6 Å². The molecule has 14 heavy (non-hydrogen) atoms. The van der Waals surface area contributed by atoms with Gasteiger partial charge < -0.3 is 10.1 Å². The summed E-state index contributed by atoms with van der Waals surface area (Å²) < 4.78 is 18.6. The van der Waals surface area contributed by atoms with E-state index in [0.717, 1.165) is 13.1 Å². The Morgan fingerprint density at radius 2 is 2.14 bits per heavy atom. The molecule has 76 valence electrons. The first-order valence-corrected chi connectivity index (χ1v) is 4.81. The van der Waals surface area contributed by atoms with E-state index in [-0.39, 0.29) is 11.4 Å². The molecule has 1 aromatic rings. The molecule has 0 radical (unpaired) electrons. The lowest BCUT2D eigenvalue weighted by atomic mass is 10.00. The van der Waals surface area contributed by atoms with Crippen LogP contribution < -0.4 is 10.1 Å². The number of ether oxygens (including phenoxy) is 1. The van der Waals surface area contributed by atoms with Crippen molar-refractivity contribution in [1.29, 1.82) is 0 Å². The van der Waals surface area contributed by atoms with Gasteiger partial charge in [-0.25, -0.2) is 4.39 Å². The molecule has 0 amide bonds. The van der Waals surface area contributed by atoms with E-state index in [1.807, 2.05) is 6.92 Å². The second kappa shape index (κ2) is 3.41. The van der Waals surface area contributed by atoms with E-state index in [4.69, 9.17) is 16.3 Å². The molecule has 0 saturated carbocycles. The van der Waals surface area contributed by atoms with E-state index in [1.54, 1.807) is 6.07 Å². The largest absolute Gasteiger partial charge is 0.485 e. The fourth-order valence-electron chi connectivity index (χ4n) is 1.42. The minimum Gasteiger partial charge on any atom is -0.485 e. The van der Waals surface area contributed by atoms with Crippen LogP contribution >= 0.6 is 11.6 Å². The van der Waals surface area contributed by atoms with Gasteiger partial charge in [0.05, 0.1) is 0 Å². The van der Waals surface area contributed by atoms with Gasteiger partial charge in [-0.2, -0.15) is 0 Å². The molecule has 1 aromatic carbocycles. The molecule has 0 atom stereocenters. The maximum absolute atomic E-state index is 12.9. The van der Waals surface area contributed by atoms with Crippen molar-refractivity contribution in [3.05, 3.63) is 29.0 Å². The van der Waals surface area contributed by atoms with Crippen molar-refractivity contribution < 1.29 is 9.13 Å². The quantitative estimate of drug-likeness (QED) is 0.817. The Labute approximate surface area is 87.0 Å². The van der Waals surface area contributed by atoms with Crippen LogP contribution in [0, 0.1) is 5.82 Å². The normalized spacial score (nSPS) is 18.8. The highest BCUT2D eigenvalue weighted by molar-refractivity contribution is 6.30. The first-order valence-electron chi connectivity index (χ1n) is 4.43. The number of benzene rings is 1. The van der Waals surface area contributed by atoms with Crippen molar-refractivity contribution in [3.63, 3.8) is 0 Å². The van der Waals surface area contributed by atoms with E-state index in [2.05, 4.69) is 5.32 Å². The molecule has 4 heteroatoms. The Morgan fingerprint density at radius 3 is 2.64 bits per heavy atom. The number of halogens is 2. The minimum atomic E-state index is -0.372. The van der Waals surface area contributed by atoms with Crippen LogP contribution in [0.4, 0.5) is 4.39 Å². The molecule has 0 aromatic heterocycles. The standard InChI is InChI=1S/C10H11ClFNO/c1-10(5-13-6-10)14-9-3-7(11)2-8(12)4-9/h2-4,13H,5-6H2,1H3. The molecular formula is C10H11ClFNO. The van der Waals surface area contributed by atoms with Gasteiger partial charge in [-0.15, -0.1) is 0 Å². The lowest BCUT2D eigenvalue weighted by molar-refractivity contribution is 0.0346. The van der Waals surface area contributed by atoms with E-state index >= 15 is 0 Å². The first kappa shape index (κ1) is 9.74. The third-order valence-electron chi connectivity index (χ3n) is 2.20. The van der Waals surface area contributed by atoms with Crippen LogP contribution in [-0.4, -0.2) is 18.7 Å². The van der Waals surface area contributed by atoms with Gasteiger partial charge in [-0.05, 0) is 19.1 Å². The second-order valence-corrected chi connectivity index (χ2v) is 4.20. The van der Waals surface area contributed by atoms with Crippen molar-refractivity contribution in [2.24, 2.45) is 0 Å². The molecule has 0 spiro atoms. The molecule has 0 bridgehead atoms. The number of rotatable bonds is 2. The second-order valence-electron chi connectivity index (χ2n) is 3.76. The number of nitrogens with one attached hydrogen (secondary N) is 1. The average Bonchev–Trinajstić information content (AvgIpc) is 1.99. The van der Waals surface area contributed by atoms with Crippen LogP contribution in [0.15, 0.2) is 18.2 Å². The summed E-state index contributed by atoms with van der Waals surface area (Å²) in [5, 5.41) is 3.46. The molecule has 0 unspecified atom stereocenters. The van der Waals surface area contributed by atoms with E-state index in [9.17, 15) is 4.39 Å². The van der Waals surface area contributed by atoms with Gasteiger partial charge in [0.25, 0.3) is 0 Å². The summed E-state index contributed by atoms with van der Waals surface area (Å²) in [6.45, 7) is 3.53. The van der Waals surface area contributed by atoms with Gasteiger partial charge in [0.2, 0.25) is 0 Å². The Kier molecular flexibility index (Phi) is 2.37. The summed E-state index contributed by atoms with van der Waals surface area (Å²) in [4.78, 5) is 0. The van der Waals surface area contributed by atoms with Crippen LogP contribution in [0.25, 0.3) is 0 Å². The molecule has 1 fully saturated rings. The van der Waals surface area contributed by atoms with Gasteiger partial charge in [0, 0.05) is 24.2 Å². The van der Waals surface area contributed by atoms with Gasteiger partial charge in [0.1, 0.15) is 17.2 Å². The summed E-state index contributed by atoms with van der Waals surface area (Å²) in [6.07, 6.45) is 0. The predicted octanol–water partition coefficient (Wildman–Crippen LogP) is 2.22. The van der Waals surface area contributed by atoms with E-state index in [0.29, 0.717) is 10.8 Å². The van der Waals surface area contributed by atoms with E-state index in [1.165, 1.54) is 12.1 Å². The number of hydrogen-bond acceptors (Lipinski definition) is 2. The van der Waals surface area contributed by atoms with Crippen LogP contribution in [0.1, 0.15) is 6.92 Å². The Morgan fingerprint density at radius 1 is 1.43 bits per heavy atom. The van der Waals surface area contributed by atoms with Crippen LogP contribution in [0.2, 0.25) is 5.02 Å². The van der Waals surface area contributed by atoms with Gasteiger partial charge in [0.15, 0.2) is 0 Å². The Bertz CT molecular complexity index is 332.